The fourth-order valence-electron chi connectivity index (χ4n) is 3.91. The fourth-order valence-corrected chi connectivity index (χ4v) is 3.91. The molecule has 2 aromatic carbocycles. The normalized spacial score (nSPS) is 15.1. The molecule has 34 heavy (non-hydrogen) atoms. The number of rotatable bonds is 9. The highest BCUT2D eigenvalue weighted by Gasteiger charge is 2.25. The van der Waals surface area contributed by atoms with Crippen molar-refractivity contribution in [2.24, 2.45) is 0 Å². The number of nitrogens with one attached hydrogen (secondary N) is 2. The van der Waals surface area contributed by atoms with Gasteiger partial charge in [-0.15, -0.1) is 5.48 Å². The highest BCUT2D eigenvalue weighted by molar-refractivity contribution is 5.72. The van der Waals surface area contributed by atoms with Gasteiger partial charge in [-0.25, -0.2) is 9.59 Å². The van der Waals surface area contributed by atoms with E-state index < -0.39 is 12.3 Å². The molecule has 2 heterocycles. The maximum atomic E-state index is 13.1. The molecule has 1 aliphatic rings. The summed E-state index contributed by atoms with van der Waals surface area (Å²) in [7, 11) is 0. The van der Waals surface area contributed by atoms with Crippen LogP contribution in [0.2, 0.25) is 0 Å². The van der Waals surface area contributed by atoms with Crippen LogP contribution in [0.3, 0.4) is 0 Å². The first kappa shape index (κ1) is 23.3. The van der Waals surface area contributed by atoms with Crippen LogP contribution in [-0.2, 0) is 17.9 Å². The van der Waals surface area contributed by atoms with Gasteiger partial charge in [0.05, 0.1) is 19.2 Å². The lowest BCUT2D eigenvalue weighted by Gasteiger charge is -2.16. The van der Waals surface area contributed by atoms with Gasteiger partial charge in [0.2, 0.25) is 5.88 Å². The quantitative estimate of drug-likeness (QED) is 0.504. The first-order chi connectivity index (χ1) is 16.5. The van der Waals surface area contributed by atoms with E-state index in [1.54, 1.807) is 0 Å². The number of hydrogen-bond donors (Lipinski definition) is 2. The molecule has 0 saturated carbocycles. The molecule has 178 valence electrons. The van der Waals surface area contributed by atoms with Crippen molar-refractivity contribution in [1.82, 2.24) is 19.9 Å². The average molecular weight is 465 g/mol. The van der Waals surface area contributed by atoms with Crippen LogP contribution < -0.4 is 26.8 Å². The maximum Gasteiger partial charge on any atom is 0.427 e. The topological polar surface area (TPSA) is 104 Å². The SMILES string of the molecule is CCCOc1cc(=O)n(CCC)c(=O)n1Cc1ccc(-c2ccccc2C2NOC(=O)N2)cc1. The van der Waals surface area contributed by atoms with Crippen molar-refractivity contribution in [2.45, 2.75) is 45.9 Å². The van der Waals surface area contributed by atoms with Gasteiger partial charge in [0.15, 0.2) is 0 Å². The van der Waals surface area contributed by atoms with E-state index in [9.17, 15) is 14.4 Å². The summed E-state index contributed by atoms with van der Waals surface area (Å²) in [5.74, 6) is 0.279. The van der Waals surface area contributed by atoms with Crippen molar-refractivity contribution in [1.29, 1.82) is 0 Å². The standard InChI is InChI=1S/C25H28N4O5/c1-3-13-28-21(30)15-22(33-14-4-2)29(25(28)32)16-17-9-11-18(12-10-17)19-7-5-6-8-20(19)23-26-24(31)34-27-23/h5-12,15,23,27H,3-4,13-14,16H2,1-2H3,(H,26,31). The Morgan fingerprint density at radius 1 is 0.971 bits per heavy atom. The third kappa shape index (κ3) is 4.89. The highest BCUT2D eigenvalue weighted by atomic mass is 16.7. The monoisotopic (exact) mass is 464 g/mol. The molecular formula is C25H28N4O5. The smallest absolute Gasteiger partial charge is 0.427 e. The zero-order valence-electron chi connectivity index (χ0n) is 19.2. The summed E-state index contributed by atoms with van der Waals surface area (Å²) in [4.78, 5) is 41.7. The van der Waals surface area contributed by atoms with Crippen molar-refractivity contribution < 1.29 is 14.4 Å². The van der Waals surface area contributed by atoms with E-state index in [-0.39, 0.29) is 23.7 Å². The third-order valence-corrected chi connectivity index (χ3v) is 5.55. The van der Waals surface area contributed by atoms with E-state index in [4.69, 9.17) is 9.57 Å². The van der Waals surface area contributed by atoms with Crippen LogP contribution in [0.4, 0.5) is 4.79 Å². The molecular weight excluding hydrogens is 436 g/mol. The summed E-state index contributed by atoms with van der Waals surface area (Å²) in [6, 6.07) is 16.9. The van der Waals surface area contributed by atoms with Gasteiger partial charge >= 0.3 is 11.8 Å². The van der Waals surface area contributed by atoms with E-state index >= 15 is 0 Å². The molecule has 9 nitrogen and oxygen atoms in total. The van der Waals surface area contributed by atoms with Gasteiger partial charge in [-0.1, -0.05) is 62.4 Å². The van der Waals surface area contributed by atoms with E-state index in [0.717, 1.165) is 28.7 Å². The summed E-state index contributed by atoms with van der Waals surface area (Å²) in [5, 5.41) is 2.72. The molecule has 1 amide bonds. The van der Waals surface area contributed by atoms with Gasteiger partial charge in [0.25, 0.3) is 5.56 Å². The Hall–Kier alpha value is -3.85. The summed E-state index contributed by atoms with van der Waals surface area (Å²) < 4.78 is 8.47. The molecule has 0 radical (unpaired) electrons. The number of nitrogens with zero attached hydrogens (tertiary/aromatic N) is 2. The first-order valence-corrected chi connectivity index (χ1v) is 11.4. The molecule has 1 unspecified atom stereocenters. The molecule has 2 N–H and O–H groups in total. The summed E-state index contributed by atoms with van der Waals surface area (Å²) in [6.45, 7) is 4.94. The molecule has 0 spiro atoms. The average Bonchev–Trinajstić information content (AvgIpc) is 3.29. The van der Waals surface area contributed by atoms with Crippen LogP contribution in [0.5, 0.6) is 5.88 Å². The van der Waals surface area contributed by atoms with Crippen molar-refractivity contribution in [3.05, 3.63) is 86.6 Å². The summed E-state index contributed by atoms with van der Waals surface area (Å²) in [5.41, 5.74) is 5.62. The number of benzene rings is 2. The van der Waals surface area contributed by atoms with Crippen molar-refractivity contribution >= 4 is 6.09 Å². The second-order valence-electron chi connectivity index (χ2n) is 8.06. The molecule has 3 aromatic rings. The predicted molar refractivity (Wildman–Crippen MR) is 128 cm³/mol. The van der Waals surface area contributed by atoms with Gasteiger partial charge < -0.3 is 9.57 Å². The first-order valence-electron chi connectivity index (χ1n) is 11.4. The lowest BCUT2D eigenvalue weighted by molar-refractivity contribution is 0.122. The van der Waals surface area contributed by atoms with Crippen LogP contribution >= 0.6 is 0 Å². The predicted octanol–water partition coefficient (Wildman–Crippen LogP) is 3.17. The Morgan fingerprint density at radius 2 is 1.74 bits per heavy atom. The van der Waals surface area contributed by atoms with Gasteiger partial charge in [0, 0.05) is 6.54 Å². The maximum absolute atomic E-state index is 13.1. The minimum atomic E-state index is -0.522. The van der Waals surface area contributed by atoms with Crippen LogP contribution in [0.15, 0.2) is 64.2 Å². The van der Waals surface area contributed by atoms with Gasteiger partial charge in [-0.3, -0.25) is 19.2 Å². The fraction of sp³-hybridized carbons (Fsp3) is 0.320. The molecule has 1 aliphatic heterocycles. The Kier molecular flexibility index (Phi) is 7.12. The lowest BCUT2D eigenvalue weighted by atomic mass is 9.97. The molecule has 1 saturated heterocycles. The number of hydrogen-bond acceptors (Lipinski definition) is 6. The van der Waals surface area contributed by atoms with Gasteiger partial charge in [-0.05, 0) is 35.1 Å². The number of carbonyl (C=O) groups excluding carboxylic acids is 1. The number of aromatic nitrogens is 2. The van der Waals surface area contributed by atoms with Crippen LogP contribution in [0.25, 0.3) is 11.1 Å². The Labute approximate surface area is 196 Å². The zero-order valence-corrected chi connectivity index (χ0v) is 19.2. The van der Waals surface area contributed by atoms with Crippen LogP contribution in [-0.4, -0.2) is 21.8 Å². The van der Waals surface area contributed by atoms with Crippen LogP contribution in [0.1, 0.15) is 44.0 Å². The van der Waals surface area contributed by atoms with Crippen molar-refractivity contribution in [3.63, 3.8) is 0 Å². The molecule has 1 aromatic heterocycles. The molecule has 1 atom stereocenters. The second-order valence-corrected chi connectivity index (χ2v) is 8.06. The van der Waals surface area contributed by atoms with Crippen molar-refractivity contribution in [3.8, 4) is 17.0 Å². The van der Waals surface area contributed by atoms with E-state index in [0.29, 0.717) is 19.6 Å². The Bertz CT molecular complexity index is 1280. The molecule has 1 fully saturated rings. The van der Waals surface area contributed by atoms with Crippen LogP contribution in [0, 0.1) is 0 Å². The van der Waals surface area contributed by atoms with Gasteiger partial charge in [-0.2, -0.15) is 0 Å². The molecule has 9 heteroatoms. The minimum Gasteiger partial charge on any atom is -0.479 e. The molecule has 0 bridgehead atoms. The number of ether oxygens (including phenoxy) is 1. The van der Waals surface area contributed by atoms with Gasteiger partial charge in [0.1, 0.15) is 6.17 Å². The van der Waals surface area contributed by atoms with E-state index in [1.807, 2.05) is 62.4 Å². The van der Waals surface area contributed by atoms with Crippen molar-refractivity contribution in [2.75, 3.05) is 6.61 Å². The summed E-state index contributed by atoms with van der Waals surface area (Å²) >= 11 is 0. The Balaban J connectivity index is 1.64. The summed E-state index contributed by atoms with van der Waals surface area (Å²) in [6.07, 6.45) is 0.479. The Morgan fingerprint density at radius 3 is 2.41 bits per heavy atom. The largest absolute Gasteiger partial charge is 0.479 e. The minimum absolute atomic E-state index is 0.276. The molecule has 4 rings (SSSR count). The van der Waals surface area contributed by atoms with E-state index in [1.165, 1.54) is 15.2 Å². The number of amides is 1. The zero-order chi connectivity index (χ0) is 24.1. The number of carbonyl (C=O) groups is 1. The second kappa shape index (κ2) is 10.4. The third-order valence-electron chi connectivity index (χ3n) is 5.55. The number of hydroxylamine groups is 1. The van der Waals surface area contributed by atoms with E-state index in [2.05, 4.69) is 10.8 Å². The highest BCUT2D eigenvalue weighted by Crippen LogP contribution is 2.29. The molecule has 0 aliphatic carbocycles. The lowest BCUT2D eigenvalue weighted by Crippen LogP contribution is -2.40.